The van der Waals surface area contributed by atoms with E-state index in [0.717, 1.165) is 5.56 Å². The summed E-state index contributed by atoms with van der Waals surface area (Å²) < 4.78 is 10.9. The zero-order valence-electron chi connectivity index (χ0n) is 16.1. The Bertz CT molecular complexity index is 536. The molecule has 140 valence electrons. The maximum Gasteiger partial charge on any atom is 0.410 e. The lowest BCUT2D eigenvalue weighted by molar-refractivity contribution is -0.120. The predicted molar refractivity (Wildman–Crippen MR) is 98.4 cm³/mol. The topological polar surface area (TPSA) is 55.8 Å². The number of hydrogen-bond acceptors (Lipinski definition) is 4. The minimum Gasteiger partial charge on any atom is -0.444 e. The quantitative estimate of drug-likeness (QED) is 0.675. The summed E-state index contributed by atoms with van der Waals surface area (Å²) in [6.45, 7) is 8.93. The van der Waals surface area contributed by atoms with Crippen LogP contribution in [-0.2, 0) is 20.9 Å². The Hall–Kier alpha value is -1.88. The second-order valence-corrected chi connectivity index (χ2v) is 7.50. The Balaban J connectivity index is 2.21. The van der Waals surface area contributed by atoms with Crippen LogP contribution in [0.1, 0.15) is 46.1 Å². The lowest BCUT2D eigenvalue weighted by atomic mass is 10.0. The van der Waals surface area contributed by atoms with Gasteiger partial charge in [0.25, 0.3) is 0 Å². The molecule has 5 heteroatoms. The van der Waals surface area contributed by atoms with Gasteiger partial charge in [-0.25, -0.2) is 4.79 Å². The summed E-state index contributed by atoms with van der Waals surface area (Å²) in [6.07, 6.45) is 0.384. The lowest BCUT2D eigenvalue weighted by Gasteiger charge is -2.24. The third-order valence-electron chi connectivity index (χ3n) is 3.52. The molecule has 1 amide bonds. The van der Waals surface area contributed by atoms with Gasteiger partial charge in [-0.15, -0.1) is 0 Å². The van der Waals surface area contributed by atoms with Crippen LogP contribution in [0.3, 0.4) is 0 Å². The van der Waals surface area contributed by atoms with Crippen molar-refractivity contribution >= 4 is 11.9 Å². The lowest BCUT2D eigenvalue weighted by Crippen LogP contribution is -2.35. The molecule has 5 nitrogen and oxygen atoms in total. The van der Waals surface area contributed by atoms with Crippen molar-refractivity contribution in [3.8, 4) is 0 Å². The van der Waals surface area contributed by atoms with E-state index in [-0.39, 0.29) is 11.7 Å². The Morgan fingerprint density at radius 2 is 1.80 bits per heavy atom. The van der Waals surface area contributed by atoms with Crippen molar-refractivity contribution in [2.75, 3.05) is 20.2 Å². The van der Waals surface area contributed by atoms with Gasteiger partial charge in [-0.2, -0.15) is 0 Å². The van der Waals surface area contributed by atoms with E-state index in [0.29, 0.717) is 32.6 Å². The molecule has 0 aliphatic heterocycles. The van der Waals surface area contributed by atoms with Crippen LogP contribution in [0.5, 0.6) is 0 Å². The van der Waals surface area contributed by atoms with Crippen molar-refractivity contribution in [2.24, 2.45) is 5.92 Å². The van der Waals surface area contributed by atoms with Gasteiger partial charge in [-0.1, -0.05) is 37.3 Å². The SMILES string of the molecule is CC(COCc1ccccc1)CC(=O)CCN(C)C(=O)OC(C)(C)C. The van der Waals surface area contributed by atoms with E-state index in [1.54, 1.807) is 7.05 Å². The van der Waals surface area contributed by atoms with Crippen molar-refractivity contribution in [1.29, 1.82) is 0 Å². The van der Waals surface area contributed by atoms with Gasteiger partial charge in [0.05, 0.1) is 6.61 Å². The van der Waals surface area contributed by atoms with Crippen LogP contribution < -0.4 is 0 Å². The number of ether oxygens (including phenoxy) is 2. The summed E-state index contributed by atoms with van der Waals surface area (Å²) in [7, 11) is 1.65. The van der Waals surface area contributed by atoms with Crippen molar-refractivity contribution < 1.29 is 19.1 Å². The van der Waals surface area contributed by atoms with E-state index < -0.39 is 11.7 Å². The molecular formula is C20H31NO4. The molecule has 0 spiro atoms. The van der Waals surface area contributed by atoms with E-state index in [1.165, 1.54) is 4.90 Å². The van der Waals surface area contributed by atoms with Gasteiger partial charge in [-0.05, 0) is 32.3 Å². The summed E-state index contributed by atoms with van der Waals surface area (Å²) in [5.74, 6) is 0.286. The summed E-state index contributed by atoms with van der Waals surface area (Å²) in [5, 5.41) is 0. The van der Waals surface area contributed by atoms with Crippen molar-refractivity contribution in [1.82, 2.24) is 4.90 Å². The van der Waals surface area contributed by atoms with Crippen LogP contribution >= 0.6 is 0 Å². The minimum absolute atomic E-state index is 0.131. The van der Waals surface area contributed by atoms with E-state index in [1.807, 2.05) is 58.0 Å². The second-order valence-electron chi connectivity index (χ2n) is 7.50. The highest BCUT2D eigenvalue weighted by Gasteiger charge is 2.20. The number of hydrogen-bond donors (Lipinski definition) is 0. The molecule has 0 fully saturated rings. The molecule has 0 bridgehead atoms. The van der Waals surface area contributed by atoms with Crippen molar-refractivity contribution in [2.45, 2.75) is 52.7 Å². The van der Waals surface area contributed by atoms with Crippen LogP contribution in [-0.4, -0.2) is 42.6 Å². The van der Waals surface area contributed by atoms with Gasteiger partial charge < -0.3 is 14.4 Å². The van der Waals surface area contributed by atoms with Gasteiger partial charge in [-0.3, -0.25) is 4.79 Å². The molecule has 1 aromatic carbocycles. The van der Waals surface area contributed by atoms with Gasteiger partial charge in [0, 0.05) is 33.0 Å². The number of carbonyl (C=O) groups is 2. The summed E-state index contributed by atoms with van der Waals surface area (Å²) >= 11 is 0. The van der Waals surface area contributed by atoms with Crippen LogP contribution in [0.25, 0.3) is 0 Å². The first-order valence-electron chi connectivity index (χ1n) is 8.75. The zero-order chi connectivity index (χ0) is 18.9. The molecule has 0 heterocycles. The number of ketones is 1. The van der Waals surface area contributed by atoms with Gasteiger partial charge >= 0.3 is 6.09 Å². The van der Waals surface area contributed by atoms with Gasteiger partial charge in [0.2, 0.25) is 0 Å². The van der Waals surface area contributed by atoms with Crippen LogP contribution in [0.4, 0.5) is 4.79 Å². The van der Waals surface area contributed by atoms with E-state index in [9.17, 15) is 9.59 Å². The standard InChI is InChI=1S/C20H31NO4/c1-16(14-24-15-17-9-7-6-8-10-17)13-18(22)11-12-21(5)19(23)25-20(2,3)4/h6-10,16H,11-15H2,1-5H3. The van der Waals surface area contributed by atoms with E-state index in [4.69, 9.17) is 9.47 Å². The largest absolute Gasteiger partial charge is 0.444 e. The second kappa shape index (κ2) is 10.2. The number of Topliss-reactive ketones (excluding diaryl/α,β-unsaturated/α-hetero) is 1. The van der Waals surface area contributed by atoms with Crippen LogP contribution in [0.15, 0.2) is 30.3 Å². The smallest absolute Gasteiger partial charge is 0.410 e. The highest BCUT2D eigenvalue weighted by molar-refractivity contribution is 5.79. The van der Waals surface area contributed by atoms with Crippen LogP contribution in [0.2, 0.25) is 0 Å². The molecular weight excluding hydrogens is 318 g/mol. The van der Waals surface area contributed by atoms with Gasteiger partial charge in [0.15, 0.2) is 0 Å². The Kier molecular flexibility index (Phi) is 8.62. The number of carbonyl (C=O) groups excluding carboxylic acids is 2. The Morgan fingerprint density at radius 3 is 2.40 bits per heavy atom. The average Bonchev–Trinajstić information content (AvgIpc) is 2.52. The molecule has 0 saturated carbocycles. The van der Waals surface area contributed by atoms with E-state index >= 15 is 0 Å². The predicted octanol–water partition coefficient (Wildman–Crippen LogP) is 4.06. The molecule has 1 rings (SSSR count). The maximum atomic E-state index is 12.1. The molecule has 0 radical (unpaired) electrons. The number of amides is 1. The zero-order valence-corrected chi connectivity index (χ0v) is 16.1. The normalized spacial score (nSPS) is 12.5. The Morgan fingerprint density at radius 1 is 1.16 bits per heavy atom. The molecule has 1 aromatic rings. The molecule has 25 heavy (non-hydrogen) atoms. The average molecular weight is 349 g/mol. The van der Waals surface area contributed by atoms with E-state index in [2.05, 4.69) is 0 Å². The molecule has 1 atom stereocenters. The maximum absolute atomic E-state index is 12.1. The fourth-order valence-electron chi connectivity index (χ4n) is 2.23. The molecule has 0 aromatic heterocycles. The third-order valence-corrected chi connectivity index (χ3v) is 3.52. The van der Waals surface area contributed by atoms with Crippen LogP contribution in [0, 0.1) is 5.92 Å². The number of benzene rings is 1. The molecule has 0 saturated heterocycles. The summed E-state index contributed by atoms with van der Waals surface area (Å²) in [4.78, 5) is 25.4. The van der Waals surface area contributed by atoms with Crippen molar-refractivity contribution in [3.05, 3.63) is 35.9 Å². The number of rotatable bonds is 9. The molecule has 1 unspecified atom stereocenters. The van der Waals surface area contributed by atoms with Crippen molar-refractivity contribution in [3.63, 3.8) is 0 Å². The Labute approximate surface area is 151 Å². The summed E-state index contributed by atoms with van der Waals surface area (Å²) in [6, 6.07) is 9.96. The molecule has 0 aliphatic carbocycles. The monoisotopic (exact) mass is 349 g/mol. The first-order chi connectivity index (χ1) is 11.7. The first kappa shape index (κ1) is 21.2. The molecule has 0 N–H and O–H groups in total. The highest BCUT2D eigenvalue weighted by atomic mass is 16.6. The minimum atomic E-state index is -0.528. The summed E-state index contributed by atoms with van der Waals surface area (Å²) in [5.41, 5.74) is 0.597. The first-order valence-corrected chi connectivity index (χ1v) is 8.75. The number of nitrogens with zero attached hydrogens (tertiary/aromatic N) is 1. The molecule has 0 aliphatic rings. The third kappa shape index (κ3) is 9.87. The van der Waals surface area contributed by atoms with Gasteiger partial charge in [0.1, 0.15) is 11.4 Å². The highest BCUT2D eigenvalue weighted by Crippen LogP contribution is 2.11. The fraction of sp³-hybridized carbons (Fsp3) is 0.600. The fourth-order valence-corrected chi connectivity index (χ4v) is 2.23.